The molecule has 5 nitrogen and oxygen atoms in total. The molecule has 0 bridgehead atoms. The monoisotopic (exact) mass is 341 g/mol. The van der Waals surface area contributed by atoms with E-state index in [0.29, 0.717) is 24.1 Å². The summed E-state index contributed by atoms with van der Waals surface area (Å²) in [6.07, 6.45) is 0.569. The van der Waals surface area contributed by atoms with Crippen LogP contribution in [0.2, 0.25) is 0 Å². The fourth-order valence-electron chi connectivity index (χ4n) is 1.84. The number of nitrogens with zero attached hydrogens (tertiary/aromatic N) is 1. The number of thiocarbonyl (C=S) groups is 1. The van der Waals surface area contributed by atoms with Gasteiger partial charge in [0.1, 0.15) is 4.99 Å². The highest BCUT2D eigenvalue weighted by molar-refractivity contribution is 7.88. The van der Waals surface area contributed by atoms with E-state index >= 15 is 0 Å². The predicted molar refractivity (Wildman–Crippen MR) is 88.8 cm³/mol. The molecule has 1 aromatic carbocycles. The zero-order valence-corrected chi connectivity index (χ0v) is 13.6. The van der Waals surface area contributed by atoms with Crippen molar-refractivity contribution >= 4 is 38.6 Å². The maximum absolute atomic E-state index is 12.1. The Balaban J connectivity index is 1.99. The topological polar surface area (TPSA) is 85.1 Å². The summed E-state index contributed by atoms with van der Waals surface area (Å²) in [6, 6.07) is 6.98. The van der Waals surface area contributed by atoms with Crippen LogP contribution in [0.15, 0.2) is 35.2 Å². The lowest BCUT2D eigenvalue weighted by atomic mass is 10.1. The van der Waals surface area contributed by atoms with E-state index in [9.17, 15) is 8.42 Å². The highest BCUT2D eigenvalue weighted by Crippen LogP contribution is 2.12. The third kappa shape index (κ3) is 4.85. The zero-order valence-electron chi connectivity index (χ0n) is 11.2. The van der Waals surface area contributed by atoms with Crippen LogP contribution in [0.1, 0.15) is 16.8 Å². The summed E-state index contributed by atoms with van der Waals surface area (Å²) in [7, 11) is -3.43. The molecule has 0 spiro atoms. The van der Waals surface area contributed by atoms with Crippen LogP contribution in [0.4, 0.5) is 0 Å². The molecule has 0 atom stereocenters. The van der Waals surface area contributed by atoms with Crippen LogP contribution in [-0.4, -0.2) is 24.9 Å². The van der Waals surface area contributed by atoms with Crippen molar-refractivity contribution in [1.82, 2.24) is 9.71 Å². The molecule has 21 heavy (non-hydrogen) atoms. The molecule has 0 aliphatic rings. The lowest BCUT2D eigenvalue weighted by Gasteiger charge is -2.09. The first-order valence-corrected chi connectivity index (χ1v) is 9.20. The van der Waals surface area contributed by atoms with Gasteiger partial charge in [0.15, 0.2) is 0 Å². The molecule has 0 unspecified atom stereocenters. The summed E-state index contributed by atoms with van der Waals surface area (Å²) in [5.74, 6) is -0.141. The molecule has 0 saturated heterocycles. The van der Waals surface area contributed by atoms with Crippen molar-refractivity contribution in [3.05, 3.63) is 52.0 Å². The molecular weight excluding hydrogens is 326 g/mol. The number of rotatable bonds is 7. The van der Waals surface area contributed by atoms with Crippen molar-refractivity contribution in [3.63, 3.8) is 0 Å². The van der Waals surface area contributed by atoms with E-state index < -0.39 is 10.0 Å². The largest absolute Gasteiger partial charge is 0.389 e. The smallest absolute Gasteiger partial charge is 0.215 e. The Hall–Kier alpha value is -1.35. The molecule has 3 N–H and O–H groups in total. The predicted octanol–water partition coefficient (Wildman–Crippen LogP) is 1.44. The van der Waals surface area contributed by atoms with Crippen molar-refractivity contribution in [2.75, 3.05) is 6.54 Å². The molecule has 112 valence electrons. The third-order valence-electron chi connectivity index (χ3n) is 2.81. The minimum Gasteiger partial charge on any atom is -0.389 e. The van der Waals surface area contributed by atoms with Crippen LogP contribution in [0.3, 0.4) is 0 Å². The fourth-order valence-corrected chi connectivity index (χ4v) is 3.81. The second-order valence-electron chi connectivity index (χ2n) is 4.40. The van der Waals surface area contributed by atoms with Gasteiger partial charge >= 0.3 is 0 Å². The van der Waals surface area contributed by atoms with Crippen LogP contribution in [0.5, 0.6) is 0 Å². The number of aromatic nitrogens is 1. The van der Waals surface area contributed by atoms with Crippen LogP contribution in [0.25, 0.3) is 0 Å². The van der Waals surface area contributed by atoms with Gasteiger partial charge in [-0.05, 0) is 5.56 Å². The maximum Gasteiger partial charge on any atom is 0.215 e. The van der Waals surface area contributed by atoms with Crippen LogP contribution in [-0.2, 0) is 22.2 Å². The number of nitrogens with two attached hydrogens (primary N) is 1. The first-order valence-electron chi connectivity index (χ1n) is 6.20. The molecule has 0 aliphatic heterocycles. The summed E-state index contributed by atoms with van der Waals surface area (Å²) >= 11 is 6.42. The van der Waals surface area contributed by atoms with Crippen molar-refractivity contribution in [3.8, 4) is 0 Å². The highest BCUT2D eigenvalue weighted by Gasteiger charge is 2.14. The molecule has 0 saturated carbocycles. The molecule has 0 fully saturated rings. The number of hydrogen-bond acceptors (Lipinski definition) is 5. The molecule has 1 heterocycles. The van der Waals surface area contributed by atoms with E-state index in [1.807, 2.05) is 5.38 Å². The Morgan fingerprint density at radius 2 is 2.14 bits per heavy atom. The van der Waals surface area contributed by atoms with Gasteiger partial charge in [-0.25, -0.2) is 18.1 Å². The standard InChI is InChI=1S/C13H15N3O2S3/c14-13(19)12-4-2-1-3-10(12)8-21(17,18)16-6-5-11-7-20-9-15-11/h1-4,7,9,16H,5-6,8H2,(H2,14,19). The van der Waals surface area contributed by atoms with Gasteiger partial charge in [-0.15, -0.1) is 11.3 Å². The van der Waals surface area contributed by atoms with E-state index in [-0.39, 0.29) is 10.7 Å². The number of nitrogens with one attached hydrogen (secondary N) is 1. The molecular formula is C13H15N3O2S3. The van der Waals surface area contributed by atoms with Gasteiger partial charge in [0, 0.05) is 23.9 Å². The van der Waals surface area contributed by atoms with E-state index in [0.717, 1.165) is 5.69 Å². The highest BCUT2D eigenvalue weighted by atomic mass is 32.2. The molecule has 8 heteroatoms. The van der Waals surface area contributed by atoms with Gasteiger partial charge in [0.25, 0.3) is 0 Å². The minimum atomic E-state index is -3.43. The van der Waals surface area contributed by atoms with Crippen molar-refractivity contribution in [2.24, 2.45) is 5.73 Å². The minimum absolute atomic E-state index is 0.141. The number of hydrogen-bond donors (Lipinski definition) is 2. The first-order chi connectivity index (χ1) is 9.98. The van der Waals surface area contributed by atoms with Crippen LogP contribution in [0, 0.1) is 0 Å². The van der Waals surface area contributed by atoms with Gasteiger partial charge in [-0.1, -0.05) is 36.5 Å². The van der Waals surface area contributed by atoms with Gasteiger partial charge in [0.2, 0.25) is 10.0 Å². The molecule has 0 radical (unpaired) electrons. The molecule has 0 aliphatic carbocycles. The van der Waals surface area contributed by atoms with E-state index in [4.69, 9.17) is 18.0 Å². The lowest BCUT2D eigenvalue weighted by molar-refractivity contribution is 0.580. The average Bonchev–Trinajstić information content (AvgIpc) is 2.91. The zero-order chi connectivity index (χ0) is 15.3. The van der Waals surface area contributed by atoms with Crippen molar-refractivity contribution in [2.45, 2.75) is 12.2 Å². The molecule has 0 amide bonds. The summed E-state index contributed by atoms with van der Waals surface area (Å²) in [5, 5.41) is 1.90. The Bertz CT molecular complexity index is 712. The van der Waals surface area contributed by atoms with Gasteiger partial charge < -0.3 is 5.73 Å². The SMILES string of the molecule is NC(=S)c1ccccc1CS(=O)(=O)NCCc1cscn1. The van der Waals surface area contributed by atoms with E-state index in [1.165, 1.54) is 11.3 Å². The average molecular weight is 341 g/mol. The van der Waals surface area contributed by atoms with Crippen LogP contribution >= 0.6 is 23.6 Å². The Morgan fingerprint density at radius 1 is 1.38 bits per heavy atom. The summed E-state index contributed by atoms with van der Waals surface area (Å²) in [6.45, 7) is 0.321. The maximum atomic E-state index is 12.1. The molecule has 1 aromatic heterocycles. The van der Waals surface area contributed by atoms with Gasteiger partial charge in [0.05, 0.1) is 17.0 Å². The second-order valence-corrected chi connectivity index (χ2v) is 7.37. The van der Waals surface area contributed by atoms with Crippen LogP contribution < -0.4 is 10.5 Å². The second kappa shape index (κ2) is 7.08. The lowest BCUT2D eigenvalue weighted by Crippen LogP contribution is -2.28. The van der Waals surface area contributed by atoms with Crippen molar-refractivity contribution in [1.29, 1.82) is 0 Å². The number of thiazole rings is 1. The summed E-state index contributed by atoms with van der Waals surface area (Å²) in [5.41, 5.74) is 9.41. The number of sulfonamides is 1. The number of benzene rings is 1. The summed E-state index contributed by atoms with van der Waals surface area (Å²) in [4.78, 5) is 4.30. The molecule has 2 rings (SSSR count). The Labute approximate surface area is 133 Å². The van der Waals surface area contributed by atoms with E-state index in [2.05, 4.69) is 9.71 Å². The van der Waals surface area contributed by atoms with Gasteiger partial charge in [-0.2, -0.15) is 0 Å². The Morgan fingerprint density at radius 3 is 2.81 bits per heavy atom. The first kappa shape index (κ1) is 16.0. The normalized spacial score (nSPS) is 11.4. The van der Waals surface area contributed by atoms with Gasteiger partial charge in [-0.3, -0.25) is 0 Å². The fraction of sp³-hybridized carbons (Fsp3) is 0.231. The quantitative estimate of drug-likeness (QED) is 0.744. The third-order valence-corrected chi connectivity index (χ3v) is 5.01. The molecule has 2 aromatic rings. The summed E-state index contributed by atoms with van der Waals surface area (Å²) < 4.78 is 26.7. The van der Waals surface area contributed by atoms with Crippen molar-refractivity contribution < 1.29 is 8.42 Å². The Kier molecular flexibility index (Phi) is 5.40. The van der Waals surface area contributed by atoms with E-state index in [1.54, 1.807) is 29.8 Å².